The SMILES string of the molecule is CC(=O)c1cccc(OC(=O)c2ccc([N+](=O)[O-])cc2)c1. The molecule has 6 nitrogen and oxygen atoms in total. The summed E-state index contributed by atoms with van der Waals surface area (Å²) >= 11 is 0. The Hall–Kier alpha value is -3.02. The van der Waals surface area contributed by atoms with Crippen LogP contribution >= 0.6 is 0 Å². The van der Waals surface area contributed by atoms with Gasteiger partial charge in [-0.3, -0.25) is 14.9 Å². The number of hydrogen-bond donors (Lipinski definition) is 0. The van der Waals surface area contributed by atoms with Crippen molar-refractivity contribution in [3.05, 3.63) is 69.8 Å². The van der Waals surface area contributed by atoms with Crippen LogP contribution in [0.15, 0.2) is 48.5 Å². The summed E-state index contributed by atoms with van der Waals surface area (Å²) in [6.45, 7) is 1.41. The van der Waals surface area contributed by atoms with Crippen LogP contribution in [0, 0.1) is 10.1 Å². The van der Waals surface area contributed by atoms with Gasteiger partial charge in [0.2, 0.25) is 0 Å². The van der Waals surface area contributed by atoms with Gasteiger partial charge in [0.1, 0.15) is 5.75 Å². The third kappa shape index (κ3) is 3.50. The molecule has 0 radical (unpaired) electrons. The van der Waals surface area contributed by atoms with Crippen molar-refractivity contribution in [2.45, 2.75) is 6.92 Å². The van der Waals surface area contributed by atoms with Gasteiger partial charge in [-0.1, -0.05) is 12.1 Å². The van der Waals surface area contributed by atoms with Crippen molar-refractivity contribution in [2.24, 2.45) is 0 Å². The maximum atomic E-state index is 11.9. The lowest BCUT2D eigenvalue weighted by Crippen LogP contribution is -2.08. The first-order chi connectivity index (χ1) is 9.97. The third-order valence-corrected chi connectivity index (χ3v) is 2.76. The van der Waals surface area contributed by atoms with Gasteiger partial charge in [0.05, 0.1) is 10.5 Å². The van der Waals surface area contributed by atoms with Gasteiger partial charge in [-0.2, -0.15) is 0 Å². The van der Waals surface area contributed by atoms with Crippen LogP contribution in [0.25, 0.3) is 0 Å². The summed E-state index contributed by atoms with van der Waals surface area (Å²) in [5, 5.41) is 10.5. The third-order valence-electron chi connectivity index (χ3n) is 2.76. The summed E-state index contributed by atoms with van der Waals surface area (Å²) in [4.78, 5) is 33.1. The number of benzene rings is 2. The molecule has 2 rings (SSSR count). The maximum Gasteiger partial charge on any atom is 0.343 e. The van der Waals surface area contributed by atoms with Crippen molar-refractivity contribution in [1.29, 1.82) is 0 Å². The Kier molecular flexibility index (Phi) is 4.08. The molecule has 2 aromatic rings. The lowest BCUT2D eigenvalue weighted by atomic mass is 10.1. The van der Waals surface area contributed by atoms with E-state index in [1.165, 1.54) is 37.3 Å². The molecule has 0 saturated heterocycles. The fourth-order valence-corrected chi connectivity index (χ4v) is 1.66. The van der Waals surface area contributed by atoms with Gasteiger partial charge in [-0.25, -0.2) is 4.79 Å². The van der Waals surface area contributed by atoms with Crippen LogP contribution in [0.5, 0.6) is 5.75 Å². The molecule has 0 N–H and O–H groups in total. The number of carbonyl (C=O) groups is 2. The number of ketones is 1. The van der Waals surface area contributed by atoms with E-state index >= 15 is 0 Å². The average molecular weight is 285 g/mol. The summed E-state index contributed by atoms with van der Waals surface area (Å²) in [5.41, 5.74) is 0.517. The van der Waals surface area contributed by atoms with Crippen LogP contribution in [-0.4, -0.2) is 16.7 Å². The molecule has 0 bridgehead atoms. The summed E-state index contributed by atoms with van der Waals surface area (Å²) in [7, 11) is 0. The molecule has 0 amide bonds. The number of carbonyl (C=O) groups excluding carboxylic acids is 2. The van der Waals surface area contributed by atoms with Crippen molar-refractivity contribution < 1.29 is 19.2 Å². The molecule has 0 aliphatic rings. The minimum atomic E-state index is -0.648. The predicted octanol–water partition coefficient (Wildman–Crippen LogP) is 3.02. The average Bonchev–Trinajstić information content (AvgIpc) is 2.47. The lowest BCUT2D eigenvalue weighted by Gasteiger charge is -2.05. The first kappa shape index (κ1) is 14.4. The largest absolute Gasteiger partial charge is 0.423 e. The van der Waals surface area contributed by atoms with E-state index < -0.39 is 10.9 Å². The Balaban J connectivity index is 2.16. The van der Waals surface area contributed by atoms with E-state index in [2.05, 4.69) is 0 Å². The van der Waals surface area contributed by atoms with Crippen molar-refractivity contribution in [2.75, 3.05) is 0 Å². The van der Waals surface area contributed by atoms with Gasteiger partial charge in [0.15, 0.2) is 5.78 Å². The molecule has 0 aliphatic carbocycles. The first-order valence-electron chi connectivity index (χ1n) is 6.05. The minimum absolute atomic E-state index is 0.106. The highest BCUT2D eigenvalue weighted by Gasteiger charge is 2.12. The monoisotopic (exact) mass is 285 g/mol. The molecular formula is C15H11NO5. The van der Waals surface area contributed by atoms with Crippen LogP contribution < -0.4 is 4.74 Å². The van der Waals surface area contributed by atoms with Crippen molar-refractivity contribution in [1.82, 2.24) is 0 Å². The van der Waals surface area contributed by atoms with E-state index in [-0.39, 0.29) is 22.8 Å². The highest BCUT2D eigenvalue weighted by Crippen LogP contribution is 2.17. The zero-order valence-corrected chi connectivity index (χ0v) is 11.1. The van der Waals surface area contributed by atoms with E-state index in [0.717, 1.165) is 0 Å². The van der Waals surface area contributed by atoms with E-state index in [1.807, 2.05) is 0 Å². The number of nitro benzene ring substituents is 1. The highest BCUT2D eigenvalue weighted by atomic mass is 16.6. The summed E-state index contributed by atoms with van der Waals surface area (Å²) < 4.78 is 5.13. The number of ether oxygens (including phenoxy) is 1. The number of nitrogens with zero attached hydrogens (tertiary/aromatic N) is 1. The van der Waals surface area contributed by atoms with Gasteiger partial charge < -0.3 is 4.74 Å². The first-order valence-corrected chi connectivity index (χ1v) is 6.05. The van der Waals surface area contributed by atoms with Crippen LogP contribution in [0.3, 0.4) is 0 Å². The predicted molar refractivity (Wildman–Crippen MR) is 74.5 cm³/mol. The Bertz CT molecular complexity index is 706. The number of non-ortho nitro benzene ring substituents is 1. The smallest absolute Gasteiger partial charge is 0.343 e. The normalized spacial score (nSPS) is 9.95. The van der Waals surface area contributed by atoms with E-state index in [9.17, 15) is 19.7 Å². The van der Waals surface area contributed by atoms with Gasteiger partial charge in [0.25, 0.3) is 5.69 Å². The van der Waals surface area contributed by atoms with E-state index in [1.54, 1.807) is 18.2 Å². The molecule has 2 aromatic carbocycles. The van der Waals surface area contributed by atoms with Gasteiger partial charge >= 0.3 is 5.97 Å². The maximum absolute atomic E-state index is 11.9. The fraction of sp³-hybridized carbons (Fsp3) is 0.0667. The van der Waals surface area contributed by atoms with Gasteiger partial charge in [-0.05, 0) is 31.2 Å². The van der Waals surface area contributed by atoms with Crippen molar-refractivity contribution in [3.8, 4) is 5.75 Å². The Morgan fingerprint density at radius 1 is 1.05 bits per heavy atom. The van der Waals surface area contributed by atoms with Gasteiger partial charge in [-0.15, -0.1) is 0 Å². The van der Waals surface area contributed by atoms with Crippen molar-refractivity contribution in [3.63, 3.8) is 0 Å². The molecule has 0 aliphatic heterocycles. The number of rotatable bonds is 4. The van der Waals surface area contributed by atoms with E-state index in [4.69, 9.17) is 4.74 Å². The number of nitro groups is 1. The molecule has 0 saturated carbocycles. The lowest BCUT2D eigenvalue weighted by molar-refractivity contribution is -0.384. The summed E-state index contributed by atoms with van der Waals surface area (Å²) in [5.74, 6) is -0.542. The Morgan fingerprint density at radius 2 is 1.71 bits per heavy atom. The summed E-state index contributed by atoms with van der Waals surface area (Å²) in [6, 6.07) is 11.3. The standard InChI is InChI=1S/C15H11NO5/c1-10(17)12-3-2-4-14(9-12)21-15(18)11-5-7-13(8-6-11)16(19)20/h2-9H,1H3. The molecule has 0 aromatic heterocycles. The molecule has 21 heavy (non-hydrogen) atoms. The van der Waals surface area contributed by atoms with Crippen LogP contribution in [-0.2, 0) is 0 Å². The second-order valence-corrected chi connectivity index (χ2v) is 4.28. The summed E-state index contributed by atoms with van der Waals surface area (Å²) in [6.07, 6.45) is 0. The minimum Gasteiger partial charge on any atom is -0.423 e. The molecule has 0 atom stereocenters. The fourth-order valence-electron chi connectivity index (χ4n) is 1.66. The second kappa shape index (κ2) is 5.96. The van der Waals surface area contributed by atoms with Crippen LogP contribution in [0.4, 0.5) is 5.69 Å². The van der Waals surface area contributed by atoms with E-state index in [0.29, 0.717) is 5.56 Å². The zero-order valence-electron chi connectivity index (χ0n) is 11.1. The molecule has 0 spiro atoms. The molecule has 0 unspecified atom stereocenters. The topological polar surface area (TPSA) is 86.5 Å². The number of esters is 1. The van der Waals surface area contributed by atoms with Crippen molar-refractivity contribution >= 4 is 17.4 Å². The molecule has 0 heterocycles. The number of hydrogen-bond acceptors (Lipinski definition) is 5. The zero-order chi connectivity index (χ0) is 15.4. The van der Waals surface area contributed by atoms with Crippen LogP contribution in [0.1, 0.15) is 27.6 Å². The number of Topliss-reactive ketones (excluding diaryl/α,β-unsaturated/α-hetero) is 1. The molecule has 6 heteroatoms. The Morgan fingerprint density at radius 3 is 2.29 bits per heavy atom. The Labute approximate surface area is 120 Å². The molecular weight excluding hydrogens is 274 g/mol. The molecule has 0 fully saturated rings. The highest BCUT2D eigenvalue weighted by molar-refractivity contribution is 5.95. The van der Waals surface area contributed by atoms with Crippen LogP contribution in [0.2, 0.25) is 0 Å². The van der Waals surface area contributed by atoms with Gasteiger partial charge in [0, 0.05) is 17.7 Å². The molecule has 106 valence electrons. The quantitative estimate of drug-likeness (QED) is 0.283. The second-order valence-electron chi connectivity index (χ2n) is 4.28.